The second-order valence-electron chi connectivity index (χ2n) is 3.55. The molecule has 0 unspecified atom stereocenters. The molecule has 0 bridgehead atoms. The number of hydrogen-bond acceptors (Lipinski definition) is 1. The van der Waals surface area contributed by atoms with Crippen LogP contribution in [0.2, 0.25) is 5.02 Å². The Morgan fingerprint density at radius 1 is 1.40 bits per heavy atom. The first-order valence-electron chi connectivity index (χ1n) is 4.53. The molecule has 1 heterocycles. The van der Waals surface area contributed by atoms with Crippen LogP contribution in [0.15, 0.2) is 12.1 Å². The van der Waals surface area contributed by atoms with E-state index in [-0.39, 0.29) is 5.56 Å². The number of aromatic nitrogens is 1. The topological polar surface area (TPSA) is 53.1 Å². The van der Waals surface area contributed by atoms with E-state index in [4.69, 9.17) is 16.7 Å². The van der Waals surface area contributed by atoms with E-state index in [0.717, 1.165) is 11.1 Å². The van der Waals surface area contributed by atoms with Gasteiger partial charge in [0.15, 0.2) is 0 Å². The molecule has 0 saturated carbocycles. The lowest BCUT2D eigenvalue weighted by Gasteiger charge is -2.00. The van der Waals surface area contributed by atoms with Gasteiger partial charge in [0.25, 0.3) is 0 Å². The number of aryl methyl sites for hydroxylation is 2. The van der Waals surface area contributed by atoms with Gasteiger partial charge >= 0.3 is 5.97 Å². The zero-order chi connectivity index (χ0) is 11.2. The SMILES string of the molecule is Cc1ccc2[nH]c(C)c(C(=O)O)c2c1Cl. The average Bonchev–Trinajstić information content (AvgIpc) is 2.49. The lowest BCUT2D eigenvalue weighted by Crippen LogP contribution is -1.97. The number of nitrogens with one attached hydrogen (secondary N) is 1. The summed E-state index contributed by atoms with van der Waals surface area (Å²) in [5.41, 5.74) is 2.54. The highest BCUT2D eigenvalue weighted by molar-refractivity contribution is 6.37. The molecule has 0 fully saturated rings. The van der Waals surface area contributed by atoms with Crippen molar-refractivity contribution in [3.05, 3.63) is 34.0 Å². The van der Waals surface area contributed by atoms with E-state index in [9.17, 15) is 4.79 Å². The summed E-state index contributed by atoms with van der Waals surface area (Å²) in [5, 5.41) is 10.2. The van der Waals surface area contributed by atoms with E-state index in [1.165, 1.54) is 0 Å². The summed E-state index contributed by atoms with van der Waals surface area (Å²) in [4.78, 5) is 14.1. The van der Waals surface area contributed by atoms with Crippen molar-refractivity contribution in [2.75, 3.05) is 0 Å². The van der Waals surface area contributed by atoms with Crippen molar-refractivity contribution in [2.24, 2.45) is 0 Å². The van der Waals surface area contributed by atoms with Gasteiger partial charge in [0, 0.05) is 16.6 Å². The van der Waals surface area contributed by atoms with Gasteiger partial charge in [-0.15, -0.1) is 0 Å². The Labute approximate surface area is 91.7 Å². The molecule has 1 aromatic heterocycles. The first kappa shape index (κ1) is 10.1. The third-order valence-corrected chi connectivity index (χ3v) is 2.98. The fraction of sp³-hybridized carbons (Fsp3) is 0.182. The fourth-order valence-corrected chi connectivity index (χ4v) is 2.01. The number of aromatic amines is 1. The van der Waals surface area contributed by atoms with E-state index in [2.05, 4.69) is 4.98 Å². The predicted molar refractivity (Wildman–Crippen MR) is 59.7 cm³/mol. The van der Waals surface area contributed by atoms with Crippen molar-refractivity contribution < 1.29 is 9.90 Å². The fourth-order valence-electron chi connectivity index (χ4n) is 1.75. The van der Waals surface area contributed by atoms with Crippen molar-refractivity contribution in [3.8, 4) is 0 Å². The molecule has 3 nitrogen and oxygen atoms in total. The van der Waals surface area contributed by atoms with Crippen molar-refractivity contribution in [1.29, 1.82) is 0 Å². The van der Waals surface area contributed by atoms with Crippen LogP contribution in [0.3, 0.4) is 0 Å². The van der Waals surface area contributed by atoms with Crippen LogP contribution < -0.4 is 0 Å². The van der Waals surface area contributed by atoms with Gasteiger partial charge in [0.2, 0.25) is 0 Å². The number of carbonyl (C=O) groups is 1. The maximum Gasteiger partial charge on any atom is 0.338 e. The van der Waals surface area contributed by atoms with E-state index < -0.39 is 5.97 Å². The number of fused-ring (bicyclic) bond motifs is 1. The molecule has 0 aliphatic rings. The Kier molecular flexibility index (Phi) is 2.20. The van der Waals surface area contributed by atoms with Gasteiger partial charge in [-0.05, 0) is 25.5 Å². The molecule has 0 radical (unpaired) electrons. The zero-order valence-corrected chi connectivity index (χ0v) is 9.14. The molecule has 2 aromatic rings. The summed E-state index contributed by atoms with van der Waals surface area (Å²) >= 11 is 6.11. The highest BCUT2D eigenvalue weighted by Crippen LogP contribution is 2.31. The predicted octanol–water partition coefficient (Wildman–Crippen LogP) is 3.14. The summed E-state index contributed by atoms with van der Waals surface area (Å²) in [6, 6.07) is 3.71. The number of carboxylic acid groups (broad SMARTS) is 1. The average molecular weight is 224 g/mol. The Hall–Kier alpha value is -1.48. The summed E-state index contributed by atoms with van der Waals surface area (Å²) in [6.07, 6.45) is 0. The summed E-state index contributed by atoms with van der Waals surface area (Å²) in [5.74, 6) is -0.953. The molecule has 0 amide bonds. The minimum absolute atomic E-state index is 0.263. The van der Waals surface area contributed by atoms with E-state index in [1.54, 1.807) is 6.92 Å². The molecular formula is C11H10ClNO2. The lowest BCUT2D eigenvalue weighted by atomic mass is 10.1. The molecule has 78 valence electrons. The quantitative estimate of drug-likeness (QED) is 0.780. The van der Waals surface area contributed by atoms with Gasteiger partial charge < -0.3 is 10.1 Å². The smallest absolute Gasteiger partial charge is 0.338 e. The summed E-state index contributed by atoms with van der Waals surface area (Å²) in [6.45, 7) is 3.59. The molecular weight excluding hydrogens is 214 g/mol. The standard InChI is InChI=1S/C11H10ClNO2/c1-5-3-4-7-9(10(5)12)8(11(14)15)6(2)13-7/h3-4,13H,1-2H3,(H,14,15). The Morgan fingerprint density at radius 3 is 2.67 bits per heavy atom. The second kappa shape index (κ2) is 3.28. The Balaban J connectivity index is 2.96. The Morgan fingerprint density at radius 2 is 2.07 bits per heavy atom. The highest BCUT2D eigenvalue weighted by Gasteiger charge is 2.17. The monoisotopic (exact) mass is 223 g/mol. The third kappa shape index (κ3) is 1.39. The molecule has 0 atom stereocenters. The second-order valence-corrected chi connectivity index (χ2v) is 3.93. The Bertz CT molecular complexity index is 557. The first-order valence-corrected chi connectivity index (χ1v) is 4.91. The minimum atomic E-state index is -0.953. The van der Waals surface area contributed by atoms with Gasteiger partial charge in [-0.2, -0.15) is 0 Å². The number of carboxylic acids is 1. The summed E-state index contributed by atoms with van der Waals surface area (Å²) < 4.78 is 0. The molecule has 2 N–H and O–H groups in total. The van der Waals surface area contributed by atoms with Crippen LogP contribution in [0.5, 0.6) is 0 Å². The molecule has 0 aliphatic heterocycles. The van der Waals surface area contributed by atoms with Crippen LogP contribution in [0.1, 0.15) is 21.6 Å². The van der Waals surface area contributed by atoms with Crippen LogP contribution in [-0.2, 0) is 0 Å². The molecule has 2 rings (SSSR count). The highest BCUT2D eigenvalue weighted by atomic mass is 35.5. The van der Waals surface area contributed by atoms with Gasteiger partial charge in [-0.25, -0.2) is 4.79 Å². The maximum atomic E-state index is 11.1. The molecule has 15 heavy (non-hydrogen) atoms. The molecule has 0 saturated heterocycles. The normalized spacial score (nSPS) is 10.9. The lowest BCUT2D eigenvalue weighted by molar-refractivity contribution is 0.0698. The molecule has 1 aromatic carbocycles. The maximum absolute atomic E-state index is 11.1. The largest absolute Gasteiger partial charge is 0.478 e. The van der Waals surface area contributed by atoms with Gasteiger partial charge in [-0.3, -0.25) is 0 Å². The molecule has 0 spiro atoms. The van der Waals surface area contributed by atoms with E-state index >= 15 is 0 Å². The van der Waals surface area contributed by atoms with Crippen LogP contribution >= 0.6 is 11.6 Å². The van der Waals surface area contributed by atoms with Gasteiger partial charge in [0.05, 0.1) is 10.6 Å². The number of hydrogen-bond donors (Lipinski definition) is 2. The summed E-state index contributed by atoms with van der Waals surface area (Å²) in [7, 11) is 0. The van der Waals surface area contributed by atoms with Crippen LogP contribution in [0, 0.1) is 13.8 Å². The number of benzene rings is 1. The van der Waals surface area contributed by atoms with E-state index in [0.29, 0.717) is 16.1 Å². The number of halogens is 1. The third-order valence-electron chi connectivity index (χ3n) is 2.50. The number of aromatic carboxylic acids is 1. The van der Waals surface area contributed by atoms with Crippen molar-refractivity contribution in [3.63, 3.8) is 0 Å². The van der Waals surface area contributed by atoms with Crippen molar-refractivity contribution >= 4 is 28.5 Å². The number of rotatable bonds is 1. The first-order chi connectivity index (χ1) is 7.02. The zero-order valence-electron chi connectivity index (χ0n) is 8.39. The van der Waals surface area contributed by atoms with Crippen LogP contribution in [0.4, 0.5) is 0 Å². The number of H-pyrrole nitrogens is 1. The van der Waals surface area contributed by atoms with Gasteiger partial charge in [-0.1, -0.05) is 17.7 Å². The van der Waals surface area contributed by atoms with Crippen LogP contribution in [0.25, 0.3) is 10.9 Å². The molecule has 0 aliphatic carbocycles. The minimum Gasteiger partial charge on any atom is -0.478 e. The van der Waals surface area contributed by atoms with Crippen molar-refractivity contribution in [1.82, 2.24) is 4.98 Å². The van der Waals surface area contributed by atoms with Gasteiger partial charge in [0.1, 0.15) is 0 Å². The van der Waals surface area contributed by atoms with E-state index in [1.807, 2.05) is 19.1 Å². The van der Waals surface area contributed by atoms with Crippen molar-refractivity contribution in [2.45, 2.75) is 13.8 Å². The molecule has 4 heteroatoms. The van der Waals surface area contributed by atoms with Crippen LogP contribution in [-0.4, -0.2) is 16.1 Å².